The molecule has 1 amide bonds. The third-order valence-corrected chi connectivity index (χ3v) is 7.53. The molecule has 0 aromatic carbocycles. The Bertz CT molecular complexity index is 1050. The van der Waals surface area contributed by atoms with E-state index in [1.165, 1.54) is 12.8 Å². The first-order valence-corrected chi connectivity index (χ1v) is 12.2. The van der Waals surface area contributed by atoms with Gasteiger partial charge in [-0.15, -0.1) is 0 Å². The van der Waals surface area contributed by atoms with Crippen LogP contribution >= 0.6 is 0 Å². The molecule has 1 N–H and O–H groups in total. The van der Waals surface area contributed by atoms with Crippen LogP contribution in [-0.2, 0) is 15.1 Å². The molecule has 2 saturated heterocycles. The van der Waals surface area contributed by atoms with Crippen LogP contribution in [0.3, 0.4) is 0 Å². The SMILES string of the molecule is CC1(C)CC(c2nc3c([nH]2)C2(CCN(C(=O)OCC4CC4)CC2)Oc2cccnc2-3)CCO1. The van der Waals surface area contributed by atoms with Crippen LogP contribution in [0.2, 0.25) is 0 Å². The van der Waals surface area contributed by atoms with Crippen LogP contribution in [-0.4, -0.2) is 57.8 Å². The third kappa shape index (κ3) is 3.88. The molecule has 6 rings (SSSR count). The summed E-state index contributed by atoms with van der Waals surface area (Å²) in [5.74, 6) is 2.63. The Kier molecular flexibility index (Phi) is 4.90. The van der Waals surface area contributed by atoms with Gasteiger partial charge < -0.3 is 24.1 Å². The predicted octanol–water partition coefficient (Wildman–Crippen LogP) is 4.37. The van der Waals surface area contributed by atoms with E-state index in [4.69, 9.17) is 19.2 Å². The molecule has 2 aromatic heterocycles. The van der Waals surface area contributed by atoms with Gasteiger partial charge in [0, 0.05) is 44.7 Å². The molecule has 8 nitrogen and oxygen atoms in total. The zero-order valence-corrected chi connectivity index (χ0v) is 19.4. The van der Waals surface area contributed by atoms with E-state index in [0.717, 1.165) is 48.1 Å². The molecule has 1 aliphatic carbocycles. The summed E-state index contributed by atoms with van der Waals surface area (Å²) in [4.78, 5) is 27.7. The molecular weight excluding hydrogens is 420 g/mol. The summed E-state index contributed by atoms with van der Waals surface area (Å²) in [6.07, 6.45) is 7.17. The molecule has 0 bridgehead atoms. The van der Waals surface area contributed by atoms with Gasteiger partial charge in [0.05, 0.1) is 17.9 Å². The average Bonchev–Trinajstić information content (AvgIpc) is 3.52. The van der Waals surface area contributed by atoms with Crippen molar-refractivity contribution in [1.29, 1.82) is 0 Å². The van der Waals surface area contributed by atoms with Gasteiger partial charge in [-0.1, -0.05) is 0 Å². The van der Waals surface area contributed by atoms with Gasteiger partial charge in [-0.2, -0.15) is 0 Å². The number of H-pyrrole nitrogens is 1. The fraction of sp³-hybridized carbons (Fsp3) is 0.640. The van der Waals surface area contributed by atoms with Crippen LogP contribution in [0.1, 0.15) is 69.8 Å². The first-order chi connectivity index (χ1) is 15.9. The lowest BCUT2D eigenvalue weighted by Gasteiger charge is -2.43. The third-order valence-electron chi connectivity index (χ3n) is 7.53. The Morgan fingerprint density at radius 3 is 2.82 bits per heavy atom. The largest absolute Gasteiger partial charge is 0.478 e. The Balaban J connectivity index is 1.28. The van der Waals surface area contributed by atoms with Gasteiger partial charge >= 0.3 is 6.09 Å². The maximum absolute atomic E-state index is 12.5. The lowest BCUT2D eigenvalue weighted by atomic mass is 9.84. The highest BCUT2D eigenvalue weighted by molar-refractivity contribution is 5.70. The number of rotatable bonds is 3. The minimum absolute atomic E-state index is 0.160. The number of carbonyl (C=O) groups is 1. The normalized spacial score (nSPS) is 25.2. The van der Waals surface area contributed by atoms with E-state index in [0.29, 0.717) is 44.4 Å². The highest BCUT2D eigenvalue weighted by atomic mass is 16.6. The number of nitrogens with zero attached hydrogens (tertiary/aromatic N) is 3. The second-order valence-corrected chi connectivity index (χ2v) is 10.6. The van der Waals surface area contributed by atoms with Gasteiger partial charge in [0.15, 0.2) is 5.60 Å². The van der Waals surface area contributed by atoms with E-state index in [1.54, 1.807) is 6.20 Å². The molecule has 0 radical (unpaired) electrons. The summed E-state index contributed by atoms with van der Waals surface area (Å²) < 4.78 is 18.1. The lowest BCUT2D eigenvalue weighted by molar-refractivity contribution is -0.0603. The van der Waals surface area contributed by atoms with E-state index in [-0.39, 0.29) is 11.7 Å². The second-order valence-electron chi connectivity index (χ2n) is 10.6. The minimum atomic E-state index is -0.537. The van der Waals surface area contributed by atoms with Gasteiger partial charge in [0.25, 0.3) is 0 Å². The molecule has 3 aliphatic heterocycles. The van der Waals surface area contributed by atoms with Crippen molar-refractivity contribution in [3.63, 3.8) is 0 Å². The van der Waals surface area contributed by atoms with Crippen LogP contribution < -0.4 is 4.74 Å². The maximum Gasteiger partial charge on any atom is 0.409 e. The Hall–Kier alpha value is -2.61. The molecule has 1 atom stereocenters. The number of carbonyl (C=O) groups excluding carboxylic acids is 1. The number of imidazole rings is 1. The minimum Gasteiger partial charge on any atom is -0.478 e. The van der Waals surface area contributed by atoms with Crippen molar-refractivity contribution in [2.45, 2.75) is 69.5 Å². The van der Waals surface area contributed by atoms with Crippen molar-refractivity contribution in [1.82, 2.24) is 19.9 Å². The average molecular weight is 453 g/mol. The van der Waals surface area contributed by atoms with E-state index in [2.05, 4.69) is 23.8 Å². The van der Waals surface area contributed by atoms with Gasteiger partial charge in [-0.25, -0.2) is 9.78 Å². The van der Waals surface area contributed by atoms with Crippen molar-refractivity contribution in [3.8, 4) is 17.1 Å². The van der Waals surface area contributed by atoms with Crippen LogP contribution in [0.5, 0.6) is 5.75 Å². The van der Waals surface area contributed by atoms with Gasteiger partial charge in [-0.05, 0) is 57.6 Å². The van der Waals surface area contributed by atoms with Crippen LogP contribution in [0.4, 0.5) is 4.79 Å². The number of amides is 1. The first-order valence-electron chi connectivity index (χ1n) is 12.2. The van der Waals surface area contributed by atoms with Crippen molar-refractivity contribution < 1.29 is 19.0 Å². The topological polar surface area (TPSA) is 89.6 Å². The molecule has 4 aliphatic rings. The maximum atomic E-state index is 12.5. The standard InChI is InChI=1S/C25H32N4O4/c1-24(2)14-17(7-13-32-24)22-27-20-19-18(4-3-10-26-19)33-25(21(20)28-22)8-11-29(12-9-25)23(30)31-15-16-5-6-16/h3-4,10,16-17H,5-9,11-15H2,1-2H3,(H,27,28). The highest BCUT2D eigenvalue weighted by Gasteiger charge is 2.48. The summed E-state index contributed by atoms with van der Waals surface area (Å²) in [6, 6.07) is 3.87. The predicted molar refractivity (Wildman–Crippen MR) is 121 cm³/mol. The first kappa shape index (κ1) is 21.0. The van der Waals surface area contributed by atoms with Crippen LogP contribution in [0.25, 0.3) is 11.4 Å². The second kappa shape index (κ2) is 7.72. The lowest BCUT2D eigenvalue weighted by Crippen LogP contribution is -2.49. The highest BCUT2D eigenvalue weighted by Crippen LogP contribution is 2.49. The number of nitrogens with one attached hydrogen (secondary N) is 1. The quantitative estimate of drug-likeness (QED) is 0.744. The van der Waals surface area contributed by atoms with Crippen molar-refractivity contribution in [2.75, 3.05) is 26.3 Å². The van der Waals surface area contributed by atoms with Crippen molar-refractivity contribution in [2.24, 2.45) is 5.92 Å². The number of aromatic nitrogens is 3. The Morgan fingerprint density at radius 2 is 2.06 bits per heavy atom. The zero-order chi connectivity index (χ0) is 22.6. The van der Waals surface area contributed by atoms with Gasteiger partial charge in [-0.3, -0.25) is 4.98 Å². The molecule has 1 unspecified atom stereocenters. The number of fused-ring (bicyclic) bond motifs is 4. The summed E-state index contributed by atoms with van der Waals surface area (Å²) in [7, 11) is 0. The molecular formula is C25H32N4O4. The van der Waals surface area contributed by atoms with Crippen molar-refractivity contribution in [3.05, 3.63) is 29.8 Å². The number of pyridine rings is 1. The monoisotopic (exact) mass is 452 g/mol. The molecule has 33 heavy (non-hydrogen) atoms. The molecule has 176 valence electrons. The molecule has 1 saturated carbocycles. The molecule has 3 fully saturated rings. The van der Waals surface area contributed by atoms with E-state index in [9.17, 15) is 4.79 Å². The molecule has 1 spiro atoms. The van der Waals surface area contributed by atoms with E-state index < -0.39 is 5.60 Å². The fourth-order valence-electron chi connectivity index (χ4n) is 5.43. The molecule has 2 aromatic rings. The van der Waals surface area contributed by atoms with Gasteiger partial charge in [0.1, 0.15) is 23.0 Å². The number of aromatic amines is 1. The smallest absolute Gasteiger partial charge is 0.409 e. The Morgan fingerprint density at radius 1 is 1.24 bits per heavy atom. The van der Waals surface area contributed by atoms with Crippen LogP contribution in [0.15, 0.2) is 18.3 Å². The summed E-state index contributed by atoms with van der Waals surface area (Å²) in [5.41, 5.74) is 1.98. The molecule has 8 heteroatoms. The number of hydrogen-bond acceptors (Lipinski definition) is 6. The zero-order valence-electron chi connectivity index (χ0n) is 19.4. The van der Waals surface area contributed by atoms with Crippen molar-refractivity contribution >= 4 is 6.09 Å². The summed E-state index contributed by atoms with van der Waals surface area (Å²) in [5, 5.41) is 0. The summed E-state index contributed by atoms with van der Waals surface area (Å²) in [6.45, 7) is 6.75. The van der Waals surface area contributed by atoms with Gasteiger partial charge in [0.2, 0.25) is 0 Å². The Labute approximate surface area is 194 Å². The number of likely N-dealkylation sites (tertiary alicyclic amines) is 1. The van der Waals surface area contributed by atoms with E-state index in [1.807, 2.05) is 17.0 Å². The number of hydrogen-bond donors (Lipinski definition) is 1. The molecule has 5 heterocycles. The van der Waals surface area contributed by atoms with E-state index >= 15 is 0 Å². The number of ether oxygens (including phenoxy) is 3. The van der Waals surface area contributed by atoms with Crippen LogP contribution in [0, 0.1) is 5.92 Å². The fourth-order valence-corrected chi connectivity index (χ4v) is 5.43. The summed E-state index contributed by atoms with van der Waals surface area (Å²) >= 11 is 0. The number of piperidine rings is 1.